The molecule has 2 nitrogen and oxygen atoms in total. The number of hydrogen-bond acceptors (Lipinski definition) is 3. The molecular weight excluding hydrogens is 328 g/mol. The van der Waals surface area contributed by atoms with Crippen molar-refractivity contribution < 1.29 is 10.2 Å². The molecule has 2 N–H and O–H groups in total. The van der Waals surface area contributed by atoms with Crippen LogP contribution in [0.1, 0.15) is 122 Å². The van der Waals surface area contributed by atoms with Gasteiger partial charge < -0.3 is 10.2 Å². The van der Waals surface area contributed by atoms with E-state index in [1.165, 1.54) is 95.6 Å². The van der Waals surface area contributed by atoms with E-state index >= 15 is 0 Å². The third kappa shape index (κ3) is 14.0. The highest BCUT2D eigenvalue weighted by Crippen LogP contribution is 2.33. The van der Waals surface area contributed by atoms with Crippen molar-refractivity contribution >= 4 is 11.8 Å². The van der Waals surface area contributed by atoms with E-state index < -0.39 is 5.79 Å². The largest absolute Gasteiger partial charge is 0.366 e. The molecule has 3 heteroatoms. The molecule has 0 amide bonds. The zero-order chi connectivity index (χ0) is 18.2. The second-order valence-corrected chi connectivity index (χ2v) is 9.58. The minimum atomic E-state index is -1.38. The Labute approximate surface area is 161 Å². The average Bonchev–Trinajstić information content (AvgIpc) is 2.57. The predicted molar refractivity (Wildman–Crippen MR) is 112 cm³/mol. The third-order valence-electron chi connectivity index (χ3n) is 5.51. The first-order valence-electron chi connectivity index (χ1n) is 11.2. The molecule has 0 bridgehead atoms. The van der Waals surface area contributed by atoms with Gasteiger partial charge in [-0.15, -0.1) is 0 Å². The second kappa shape index (κ2) is 15.3. The average molecular weight is 373 g/mol. The first-order valence-corrected chi connectivity index (χ1v) is 12.3. The lowest BCUT2D eigenvalue weighted by atomic mass is 9.94. The molecule has 0 radical (unpaired) electrons. The van der Waals surface area contributed by atoms with Gasteiger partial charge in [0.15, 0.2) is 5.79 Å². The summed E-state index contributed by atoms with van der Waals surface area (Å²) in [5.41, 5.74) is 0. The molecule has 150 valence electrons. The number of thioether (sulfide) groups is 1. The lowest BCUT2D eigenvalue weighted by Gasteiger charge is -2.32. The first-order chi connectivity index (χ1) is 12.1. The van der Waals surface area contributed by atoms with Gasteiger partial charge in [0.1, 0.15) is 0 Å². The minimum absolute atomic E-state index is 0.464. The predicted octanol–water partition coefficient (Wildman–Crippen LogP) is 6.82. The van der Waals surface area contributed by atoms with Crippen LogP contribution in [-0.4, -0.2) is 27.0 Å². The monoisotopic (exact) mass is 372 g/mol. The van der Waals surface area contributed by atoms with Gasteiger partial charge in [0.2, 0.25) is 0 Å². The van der Waals surface area contributed by atoms with Gasteiger partial charge in [-0.25, -0.2) is 0 Å². The maximum absolute atomic E-state index is 9.71. The van der Waals surface area contributed by atoms with E-state index in [4.69, 9.17) is 0 Å². The molecule has 1 aliphatic carbocycles. The molecule has 25 heavy (non-hydrogen) atoms. The molecule has 0 aromatic rings. The topological polar surface area (TPSA) is 40.5 Å². The summed E-state index contributed by atoms with van der Waals surface area (Å²) in [5, 5.41) is 19.9. The normalized spacial score (nSPS) is 20.0. The van der Waals surface area contributed by atoms with E-state index in [-0.39, 0.29) is 0 Å². The summed E-state index contributed by atoms with van der Waals surface area (Å²) >= 11 is 1.96. The Hall–Kier alpha value is 0.270. The van der Waals surface area contributed by atoms with Crippen molar-refractivity contribution in [3.63, 3.8) is 0 Å². The highest BCUT2D eigenvalue weighted by Gasteiger charge is 2.31. The van der Waals surface area contributed by atoms with Crippen molar-refractivity contribution in [1.82, 2.24) is 0 Å². The van der Waals surface area contributed by atoms with Crippen LogP contribution in [0.3, 0.4) is 0 Å². The molecule has 0 heterocycles. The van der Waals surface area contributed by atoms with Crippen molar-refractivity contribution in [2.24, 2.45) is 0 Å². The van der Waals surface area contributed by atoms with Crippen LogP contribution in [-0.2, 0) is 0 Å². The fourth-order valence-electron chi connectivity index (χ4n) is 3.87. The Balaban J connectivity index is 1.75. The molecule has 1 saturated carbocycles. The zero-order valence-corrected chi connectivity index (χ0v) is 17.6. The number of hydrogen-bond donors (Lipinski definition) is 2. The fourth-order valence-corrected chi connectivity index (χ4v) is 5.29. The van der Waals surface area contributed by atoms with Crippen molar-refractivity contribution in [1.29, 1.82) is 0 Å². The summed E-state index contributed by atoms with van der Waals surface area (Å²) in [6.07, 6.45) is 23.0. The molecule has 0 saturated heterocycles. The quantitative estimate of drug-likeness (QED) is 0.230. The van der Waals surface area contributed by atoms with E-state index in [1.54, 1.807) is 0 Å². The zero-order valence-electron chi connectivity index (χ0n) is 16.8. The SMILES string of the molecule is CCCCCCCCCCCCCCCCSC1CCCC(O)(O)C1. The molecule has 1 unspecified atom stereocenters. The highest BCUT2D eigenvalue weighted by molar-refractivity contribution is 7.99. The lowest BCUT2D eigenvalue weighted by Crippen LogP contribution is -2.36. The van der Waals surface area contributed by atoms with Crippen LogP contribution in [0.4, 0.5) is 0 Å². The molecule has 0 aromatic carbocycles. The van der Waals surface area contributed by atoms with Gasteiger partial charge in [0.05, 0.1) is 0 Å². The number of rotatable bonds is 16. The third-order valence-corrected chi connectivity index (χ3v) is 6.91. The van der Waals surface area contributed by atoms with Crippen LogP contribution in [0, 0.1) is 0 Å². The summed E-state index contributed by atoms with van der Waals surface area (Å²) < 4.78 is 0. The fraction of sp³-hybridized carbons (Fsp3) is 1.00. The Morgan fingerprint density at radius 1 is 0.760 bits per heavy atom. The minimum Gasteiger partial charge on any atom is -0.366 e. The molecule has 1 aliphatic rings. The van der Waals surface area contributed by atoms with Crippen LogP contribution < -0.4 is 0 Å². The summed E-state index contributed by atoms with van der Waals surface area (Å²) in [7, 11) is 0. The van der Waals surface area contributed by atoms with E-state index in [2.05, 4.69) is 6.92 Å². The Morgan fingerprint density at radius 2 is 1.24 bits per heavy atom. The van der Waals surface area contributed by atoms with Crippen LogP contribution in [0.15, 0.2) is 0 Å². The molecule has 1 atom stereocenters. The summed E-state index contributed by atoms with van der Waals surface area (Å²) in [6, 6.07) is 0. The lowest BCUT2D eigenvalue weighted by molar-refractivity contribution is -0.178. The van der Waals surface area contributed by atoms with Crippen molar-refractivity contribution in [2.45, 2.75) is 134 Å². The van der Waals surface area contributed by atoms with Crippen LogP contribution in [0.25, 0.3) is 0 Å². The standard InChI is InChI=1S/C22H44O2S/c1-2-3-4-5-6-7-8-9-10-11-12-13-14-15-19-25-21-17-16-18-22(23,24)20-21/h21,23-24H,2-20H2,1H3. The maximum atomic E-state index is 9.71. The molecule has 1 fully saturated rings. The molecular formula is C22H44O2S. The first kappa shape index (κ1) is 23.3. The Morgan fingerprint density at radius 3 is 1.72 bits per heavy atom. The summed E-state index contributed by atoms with van der Waals surface area (Å²) in [6.45, 7) is 2.28. The van der Waals surface area contributed by atoms with Gasteiger partial charge in [-0.1, -0.05) is 90.4 Å². The Bertz CT molecular complexity index is 294. The molecule has 0 aliphatic heterocycles. The van der Waals surface area contributed by atoms with Gasteiger partial charge in [0.25, 0.3) is 0 Å². The number of aliphatic hydroxyl groups is 2. The van der Waals surface area contributed by atoms with Gasteiger partial charge in [-0.05, 0) is 25.0 Å². The van der Waals surface area contributed by atoms with Gasteiger partial charge in [0, 0.05) is 18.1 Å². The maximum Gasteiger partial charge on any atom is 0.163 e. The second-order valence-electron chi connectivity index (χ2n) is 8.17. The van der Waals surface area contributed by atoms with Crippen molar-refractivity contribution in [3.8, 4) is 0 Å². The van der Waals surface area contributed by atoms with E-state index in [0.29, 0.717) is 18.1 Å². The van der Waals surface area contributed by atoms with Gasteiger partial charge in [-0.2, -0.15) is 11.8 Å². The van der Waals surface area contributed by atoms with E-state index in [0.717, 1.165) is 12.8 Å². The Kier molecular flexibility index (Phi) is 14.3. The van der Waals surface area contributed by atoms with E-state index in [9.17, 15) is 10.2 Å². The van der Waals surface area contributed by atoms with Gasteiger partial charge >= 0.3 is 0 Å². The molecule has 0 aromatic heterocycles. The number of unbranched alkanes of at least 4 members (excludes halogenated alkanes) is 13. The van der Waals surface area contributed by atoms with Gasteiger partial charge in [-0.3, -0.25) is 0 Å². The molecule has 0 spiro atoms. The van der Waals surface area contributed by atoms with Crippen LogP contribution in [0.5, 0.6) is 0 Å². The molecule has 1 rings (SSSR count). The van der Waals surface area contributed by atoms with Crippen LogP contribution >= 0.6 is 11.8 Å². The van der Waals surface area contributed by atoms with Crippen molar-refractivity contribution in [3.05, 3.63) is 0 Å². The summed E-state index contributed by atoms with van der Waals surface area (Å²) in [5.74, 6) is -0.190. The van der Waals surface area contributed by atoms with Crippen molar-refractivity contribution in [2.75, 3.05) is 5.75 Å². The highest BCUT2D eigenvalue weighted by atomic mass is 32.2. The smallest absolute Gasteiger partial charge is 0.163 e. The van der Waals surface area contributed by atoms with Crippen LogP contribution in [0.2, 0.25) is 0 Å². The van der Waals surface area contributed by atoms with E-state index in [1.807, 2.05) is 11.8 Å². The summed E-state index contributed by atoms with van der Waals surface area (Å²) in [4.78, 5) is 0.